The molecule has 1 aliphatic heterocycles. The molecule has 0 aromatic heterocycles. The molecule has 0 spiro atoms. The van der Waals surface area contributed by atoms with Gasteiger partial charge in [0.2, 0.25) is 0 Å². The summed E-state index contributed by atoms with van der Waals surface area (Å²) in [6.07, 6.45) is 0. The first-order valence-electron chi connectivity index (χ1n) is 7.57. The third kappa shape index (κ3) is 4.58. The molecule has 4 nitrogen and oxygen atoms in total. The van der Waals surface area contributed by atoms with Gasteiger partial charge in [-0.1, -0.05) is 11.6 Å². The molecule has 0 saturated carbocycles. The lowest BCUT2D eigenvalue weighted by molar-refractivity contribution is 0.0967. The minimum absolute atomic E-state index is 0.194. The average molecular weight is 312 g/mol. The molecule has 0 aliphatic carbocycles. The molecule has 5 heteroatoms. The van der Waals surface area contributed by atoms with E-state index in [1.54, 1.807) is 12.1 Å². The maximum atomic E-state index is 10.0. The third-order valence-corrected chi connectivity index (χ3v) is 4.49. The van der Waals surface area contributed by atoms with E-state index in [1.165, 1.54) is 0 Å². The van der Waals surface area contributed by atoms with Crippen LogP contribution in [0.2, 0.25) is 5.02 Å². The van der Waals surface area contributed by atoms with Crippen LogP contribution in [0.5, 0.6) is 5.75 Å². The highest BCUT2D eigenvalue weighted by Gasteiger charge is 2.23. The predicted octanol–water partition coefficient (Wildman–Crippen LogP) is 2.29. The monoisotopic (exact) mass is 311 g/mol. The highest BCUT2D eigenvalue weighted by Crippen LogP contribution is 2.31. The summed E-state index contributed by atoms with van der Waals surface area (Å²) in [4.78, 5) is 7.14. The van der Waals surface area contributed by atoms with Crippen LogP contribution in [0.15, 0.2) is 18.2 Å². The third-order valence-electron chi connectivity index (χ3n) is 4.26. The van der Waals surface area contributed by atoms with Crippen LogP contribution in [-0.2, 0) is 0 Å². The summed E-state index contributed by atoms with van der Waals surface area (Å²) >= 11 is 6.05. The number of aromatic hydroxyl groups is 1. The molecular weight excluding hydrogens is 286 g/mol. The summed E-state index contributed by atoms with van der Waals surface area (Å²) in [5, 5.41) is 10.7. The van der Waals surface area contributed by atoms with Crippen LogP contribution in [0.4, 0.5) is 0 Å². The lowest BCUT2D eigenvalue weighted by atomic mass is 10.0. The van der Waals surface area contributed by atoms with Crippen LogP contribution in [-0.4, -0.2) is 73.2 Å². The zero-order chi connectivity index (χ0) is 15.4. The van der Waals surface area contributed by atoms with Crippen molar-refractivity contribution in [1.82, 2.24) is 14.7 Å². The van der Waals surface area contributed by atoms with Crippen LogP contribution < -0.4 is 0 Å². The van der Waals surface area contributed by atoms with Gasteiger partial charge in [0, 0.05) is 55.9 Å². The van der Waals surface area contributed by atoms with Gasteiger partial charge in [-0.05, 0) is 39.2 Å². The van der Waals surface area contributed by atoms with Gasteiger partial charge in [0.1, 0.15) is 5.75 Å². The lowest BCUT2D eigenvalue weighted by Gasteiger charge is -2.38. The van der Waals surface area contributed by atoms with E-state index in [0.29, 0.717) is 10.8 Å². The van der Waals surface area contributed by atoms with Gasteiger partial charge in [-0.3, -0.25) is 9.80 Å². The Bertz CT molecular complexity index is 459. The van der Waals surface area contributed by atoms with Crippen molar-refractivity contribution < 1.29 is 5.11 Å². The number of rotatable bonds is 5. The molecule has 1 aromatic carbocycles. The quantitative estimate of drug-likeness (QED) is 0.903. The Balaban J connectivity index is 1.91. The van der Waals surface area contributed by atoms with Crippen LogP contribution >= 0.6 is 11.6 Å². The fraction of sp³-hybridized carbons (Fsp3) is 0.625. The molecule has 1 N–H and O–H groups in total. The maximum Gasteiger partial charge on any atom is 0.120 e. The van der Waals surface area contributed by atoms with Gasteiger partial charge in [0.15, 0.2) is 0 Å². The highest BCUT2D eigenvalue weighted by atomic mass is 35.5. The normalized spacial score (nSPS) is 19.1. The summed E-state index contributed by atoms with van der Waals surface area (Å²) < 4.78 is 0. The Morgan fingerprint density at radius 2 is 1.90 bits per heavy atom. The zero-order valence-electron chi connectivity index (χ0n) is 13.2. The Kier molecular flexibility index (Phi) is 5.88. The number of piperazine rings is 1. The van der Waals surface area contributed by atoms with Crippen molar-refractivity contribution in [3.8, 4) is 5.75 Å². The van der Waals surface area contributed by atoms with E-state index in [0.717, 1.165) is 44.8 Å². The smallest absolute Gasteiger partial charge is 0.120 e. The van der Waals surface area contributed by atoms with Crippen molar-refractivity contribution >= 4 is 11.6 Å². The molecule has 0 radical (unpaired) electrons. The molecule has 1 aromatic rings. The number of likely N-dealkylation sites (N-methyl/N-ethyl adjacent to an activating group) is 1. The minimum Gasteiger partial charge on any atom is -0.508 e. The van der Waals surface area contributed by atoms with Gasteiger partial charge in [0.25, 0.3) is 0 Å². The molecule has 21 heavy (non-hydrogen) atoms. The molecule has 0 amide bonds. The standard InChI is InChI=1S/C16H26ClN3O/c1-13(15-12-14(17)4-5-16(15)21)20-10-8-19(9-11-20)7-6-18(2)3/h4-5,12-13,21H,6-11H2,1-3H3. The van der Waals surface area contributed by atoms with Crippen molar-refractivity contribution in [2.45, 2.75) is 13.0 Å². The van der Waals surface area contributed by atoms with E-state index in [4.69, 9.17) is 11.6 Å². The molecule has 1 heterocycles. The fourth-order valence-corrected chi connectivity index (χ4v) is 2.95. The molecule has 1 unspecified atom stereocenters. The van der Waals surface area contributed by atoms with E-state index in [-0.39, 0.29) is 6.04 Å². The Hall–Kier alpha value is -0.810. The first kappa shape index (κ1) is 16.6. The first-order chi connectivity index (χ1) is 9.97. The van der Waals surface area contributed by atoms with E-state index in [9.17, 15) is 5.11 Å². The molecule has 0 bridgehead atoms. The summed E-state index contributed by atoms with van der Waals surface area (Å²) in [6, 6.07) is 5.48. The Labute approximate surface area is 132 Å². The second kappa shape index (κ2) is 7.45. The van der Waals surface area contributed by atoms with E-state index >= 15 is 0 Å². The van der Waals surface area contributed by atoms with Gasteiger partial charge >= 0.3 is 0 Å². The van der Waals surface area contributed by atoms with Crippen molar-refractivity contribution in [3.63, 3.8) is 0 Å². The van der Waals surface area contributed by atoms with Crippen LogP contribution in [0.3, 0.4) is 0 Å². The van der Waals surface area contributed by atoms with E-state index < -0.39 is 0 Å². The number of phenols is 1. The molecule has 1 aliphatic rings. The summed E-state index contributed by atoms with van der Waals surface area (Å²) in [5.41, 5.74) is 0.921. The minimum atomic E-state index is 0.194. The van der Waals surface area contributed by atoms with Crippen molar-refractivity contribution in [1.29, 1.82) is 0 Å². The van der Waals surface area contributed by atoms with Gasteiger partial charge in [-0.15, -0.1) is 0 Å². The number of hydrogen-bond acceptors (Lipinski definition) is 4. The first-order valence-corrected chi connectivity index (χ1v) is 7.94. The predicted molar refractivity (Wildman–Crippen MR) is 88.1 cm³/mol. The second-order valence-electron chi connectivity index (χ2n) is 6.06. The van der Waals surface area contributed by atoms with E-state index in [2.05, 4.69) is 35.7 Å². The zero-order valence-corrected chi connectivity index (χ0v) is 14.0. The van der Waals surface area contributed by atoms with Crippen molar-refractivity contribution in [2.75, 3.05) is 53.4 Å². The number of halogens is 1. The maximum absolute atomic E-state index is 10.0. The largest absolute Gasteiger partial charge is 0.508 e. The second-order valence-corrected chi connectivity index (χ2v) is 6.50. The van der Waals surface area contributed by atoms with Gasteiger partial charge in [-0.25, -0.2) is 0 Å². The van der Waals surface area contributed by atoms with Gasteiger partial charge in [-0.2, -0.15) is 0 Å². The average Bonchev–Trinajstić information content (AvgIpc) is 2.47. The number of hydrogen-bond donors (Lipinski definition) is 1. The molecule has 2 rings (SSSR count). The molecular formula is C16H26ClN3O. The summed E-state index contributed by atoms with van der Waals surface area (Å²) in [5.74, 6) is 0.335. The van der Waals surface area contributed by atoms with E-state index in [1.807, 2.05) is 6.07 Å². The van der Waals surface area contributed by atoms with Crippen LogP contribution in [0.1, 0.15) is 18.5 Å². The molecule has 1 saturated heterocycles. The van der Waals surface area contributed by atoms with Crippen molar-refractivity contribution in [3.05, 3.63) is 28.8 Å². The lowest BCUT2D eigenvalue weighted by Crippen LogP contribution is -2.48. The SMILES string of the molecule is CC(c1cc(Cl)ccc1O)N1CCN(CCN(C)C)CC1. The van der Waals surface area contributed by atoms with Crippen LogP contribution in [0.25, 0.3) is 0 Å². The molecule has 118 valence electrons. The van der Waals surface area contributed by atoms with Crippen molar-refractivity contribution in [2.24, 2.45) is 0 Å². The molecule has 1 fully saturated rings. The summed E-state index contributed by atoms with van der Waals surface area (Å²) in [7, 11) is 4.22. The number of phenolic OH excluding ortho intramolecular Hbond substituents is 1. The summed E-state index contributed by atoms with van der Waals surface area (Å²) in [6.45, 7) is 8.59. The number of benzene rings is 1. The van der Waals surface area contributed by atoms with Gasteiger partial charge < -0.3 is 10.0 Å². The number of nitrogens with zero attached hydrogens (tertiary/aromatic N) is 3. The highest BCUT2D eigenvalue weighted by molar-refractivity contribution is 6.30. The fourth-order valence-electron chi connectivity index (χ4n) is 2.77. The van der Waals surface area contributed by atoms with Gasteiger partial charge in [0.05, 0.1) is 0 Å². The molecule has 1 atom stereocenters. The Morgan fingerprint density at radius 1 is 1.24 bits per heavy atom. The Morgan fingerprint density at radius 3 is 2.52 bits per heavy atom. The van der Waals surface area contributed by atoms with Crippen LogP contribution in [0, 0.1) is 0 Å². The topological polar surface area (TPSA) is 30.0 Å².